The molecule has 1 atom stereocenters. The van der Waals surface area contributed by atoms with E-state index in [1.54, 1.807) is 18.3 Å². The molecule has 1 amide bonds. The molecule has 2 aromatic heterocycles. The first kappa shape index (κ1) is 17.1. The molecule has 0 bridgehead atoms. The standard InChI is InChI=1S/C21H20N2O4/c1-2-3-10-23-18(16-9-6-11-27-16)17(20(25)21(23)26)19(24)14-12-22-15-8-5-4-7-13(14)15/h4-9,11-12,18,22,24H,2-3,10H2,1H3/b19-17-. The minimum Gasteiger partial charge on any atom is -0.507 e. The molecule has 3 aromatic rings. The first-order valence-corrected chi connectivity index (χ1v) is 9.01. The van der Waals surface area contributed by atoms with E-state index in [-0.39, 0.29) is 11.3 Å². The zero-order valence-electron chi connectivity index (χ0n) is 14.9. The smallest absolute Gasteiger partial charge is 0.295 e. The van der Waals surface area contributed by atoms with Crippen LogP contribution in [-0.2, 0) is 9.59 Å². The number of furan rings is 1. The molecule has 27 heavy (non-hydrogen) atoms. The summed E-state index contributed by atoms with van der Waals surface area (Å²) in [4.78, 5) is 30.0. The molecule has 0 spiro atoms. The number of aliphatic hydroxyl groups excluding tert-OH is 1. The number of hydrogen-bond acceptors (Lipinski definition) is 4. The second-order valence-corrected chi connectivity index (χ2v) is 6.61. The highest BCUT2D eigenvalue weighted by Gasteiger charge is 2.47. The van der Waals surface area contributed by atoms with Crippen molar-refractivity contribution in [2.75, 3.05) is 6.54 Å². The summed E-state index contributed by atoms with van der Waals surface area (Å²) in [7, 11) is 0. The Bertz CT molecular complexity index is 1030. The monoisotopic (exact) mass is 364 g/mol. The number of benzene rings is 1. The van der Waals surface area contributed by atoms with E-state index in [2.05, 4.69) is 4.98 Å². The molecule has 0 aliphatic carbocycles. The van der Waals surface area contributed by atoms with Gasteiger partial charge in [-0.05, 0) is 24.6 Å². The van der Waals surface area contributed by atoms with Gasteiger partial charge in [-0.3, -0.25) is 9.59 Å². The zero-order valence-corrected chi connectivity index (χ0v) is 14.9. The zero-order chi connectivity index (χ0) is 19.0. The third-order valence-electron chi connectivity index (χ3n) is 4.95. The van der Waals surface area contributed by atoms with Crippen LogP contribution in [0.2, 0.25) is 0 Å². The Morgan fingerprint density at radius 2 is 2.04 bits per heavy atom. The van der Waals surface area contributed by atoms with Crippen LogP contribution in [0.25, 0.3) is 16.7 Å². The lowest BCUT2D eigenvalue weighted by atomic mass is 9.99. The topological polar surface area (TPSA) is 86.5 Å². The number of nitrogens with zero attached hydrogens (tertiary/aromatic N) is 1. The van der Waals surface area contributed by atoms with Crippen LogP contribution in [0, 0.1) is 0 Å². The van der Waals surface area contributed by atoms with Gasteiger partial charge in [-0.25, -0.2) is 0 Å². The van der Waals surface area contributed by atoms with Gasteiger partial charge in [-0.2, -0.15) is 0 Å². The van der Waals surface area contributed by atoms with Gasteiger partial charge in [0.2, 0.25) is 0 Å². The molecule has 1 unspecified atom stereocenters. The molecule has 3 heterocycles. The van der Waals surface area contributed by atoms with Gasteiger partial charge in [0.15, 0.2) is 0 Å². The highest BCUT2D eigenvalue weighted by atomic mass is 16.3. The first-order chi connectivity index (χ1) is 13.1. The summed E-state index contributed by atoms with van der Waals surface area (Å²) < 4.78 is 5.51. The largest absolute Gasteiger partial charge is 0.507 e. The summed E-state index contributed by atoms with van der Waals surface area (Å²) in [5.41, 5.74) is 1.40. The fraction of sp³-hybridized carbons (Fsp3) is 0.238. The molecule has 138 valence electrons. The van der Waals surface area contributed by atoms with E-state index in [1.807, 2.05) is 31.2 Å². The molecule has 0 radical (unpaired) electrons. The maximum Gasteiger partial charge on any atom is 0.295 e. The van der Waals surface area contributed by atoms with E-state index in [0.717, 1.165) is 23.7 Å². The number of H-pyrrole nitrogens is 1. The van der Waals surface area contributed by atoms with Gasteiger partial charge in [0, 0.05) is 29.2 Å². The highest BCUT2D eigenvalue weighted by Crippen LogP contribution is 2.40. The van der Waals surface area contributed by atoms with E-state index in [1.165, 1.54) is 11.2 Å². The number of rotatable bonds is 5. The predicted molar refractivity (Wildman–Crippen MR) is 101 cm³/mol. The van der Waals surface area contributed by atoms with Crippen molar-refractivity contribution in [1.29, 1.82) is 0 Å². The summed E-state index contributed by atoms with van der Waals surface area (Å²) in [5.74, 6) is -1.01. The van der Waals surface area contributed by atoms with Crippen LogP contribution in [-0.4, -0.2) is 33.2 Å². The van der Waals surface area contributed by atoms with E-state index < -0.39 is 17.7 Å². The highest BCUT2D eigenvalue weighted by molar-refractivity contribution is 6.46. The number of aliphatic hydroxyl groups is 1. The van der Waals surface area contributed by atoms with Crippen molar-refractivity contribution in [2.24, 2.45) is 0 Å². The lowest BCUT2D eigenvalue weighted by Gasteiger charge is -2.22. The number of aromatic amines is 1. The van der Waals surface area contributed by atoms with Gasteiger partial charge in [0.25, 0.3) is 11.7 Å². The molecule has 4 rings (SSSR count). The minimum absolute atomic E-state index is 0.0656. The summed E-state index contributed by atoms with van der Waals surface area (Å²) >= 11 is 0. The molecule has 1 aliphatic heterocycles. The molecular formula is C21H20N2O4. The summed E-state index contributed by atoms with van der Waals surface area (Å²) in [6.07, 6.45) is 4.80. The number of ketones is 1. The number of Topliss-reactive ketones (excluding diaryl/α,β-unsaturated/α-hetero) is 1. The second kappa shape index (κ2) is 6.79. The van der Waals surface area contributed by atoms with Crippen molar-refractivity contribution in [3.05, 3.63) is 65.8 Å². The van der Waals surface area contributed by atoms with Crippen LogP contribution >= 0.6 is 0 Å². The number of aromatic nitrogens is 1. The Kier molecular flexibility index (Phi) is 4.32. The minimum atomic E-state index is -0.722. The van der Waals surface area contributed by atoms with Crippen molar-refractivity contribution in [3.63, 3.8) is 0 Å². The number of carbonyl (C=O) groups excluding carboxylic acids is 2. The summed E-state index contributed by atoms with van der Waals surface area (Å²) in [5, 5.41) is 11.8. The van der Waals surface area contributed by atoms with E-state index in [4.69, 9.17) is 4.42 Å². The van der Waals surface area contributed by atoms with Gasteiger partial charge in [0.05, 0.1) is 11.8 Å². The Morgan fingerprint density at radius 1 is 1.22 bits per heavy atom. The van der Waals surface area contributed by atoms with Gasteiger partial charge in [0.1, 0.15) is 17.6 Å². The molecule has 1 aromatic carbocycles. The quantitative estimate of drug-likeness (QED) is 0.407. The van der Waals surface area contributed by atoms with Crippen molar-refractivity contribution in [2.45, 2.75) is 25.8 Å². The van der Waals surface area contributed by atoms with Crippen molar-refractivity contribution < 1.29 is 19.1 Å². The van der Waals surface area contributed by atoms with Crippen LogP contribution in [0.4, 0.5) is 0 Å². The Balaban J connectivity index is 1.89. The average molecular weight is 364 g/mol. The van der Waals surface area contributed by atoms with Crippen LogP contribution < -0.4 is 0 Å². The summed E-state index contributed by atoms with van der Waals surface area (Å²) in [6.45, 7) is 2.45. The van der Waals surface area contributed by atoms with Crippen LogP contribution in [0.3, 0.4) is 0 Å². The van der Waals surface area contributed by atoms with Crippen molar-refractivity contribution in [1.82, 2.24) is 9.88 Å². The van der Waals surface area contributed by atoms with Crippen LogP contribution in [0.5, 0.6) is 0 Å². The first-order valence-electron chi connectivity index (χ1n) is 9.01. The van der Waals surface area contributed by atoms with Crippen LogP contribution in [0.15, 0.2) is 58.8 Å². The number of likely N-dealkylation sites (tertiary alicyclic amines) is 1. The van der Waals surface area contributed by atoms with E-state index in [0.29, 0.717) is 17.9 Å². The summed E-state index contributed by atoms with van der Waals surface area (Å²) in [6, 6.07) is 10.2. The van der Waals surface area contributed by atoms with Gasteiger partial charge in [-0.15, -0.1) is 0 Å². The molecular weight excluding hydrogens is 344 g/mol. The van der Waals surface area contributed by atoms with Crippen molar-refractivity contribution >= 4 is 28.4 Å². The van der Waals surface area contributed by atoms with E-state index >= 15 is 0 Å². The molecule has 0 saturated carbocycles. The Hall–Kier alpha value is -3.28. The fourth-order valence-corrected chi connectivity index (χ4v) is 3.59. The Morgan fingerprint density at radius 3 is 2.78 bits per heavy atom. The maximum absolute atomic E-state index is 12.8. The molecule has 1 saturated heterocycles. The lowest BCUT2D eigenvalue weighted by molar-refractivity contribution is -0.140. The predicted octanol–water partition coefficient (Wildman–Crippen LogP) is 3.98. The SMILES string of the molecule is CCCCN1C(=O)C(=O)/C(=C(\O)c2c[nH]c3ccccc23)C1c1ccco1. The number of nitrogens with one attached hydrogen (secondary N) is 1. The molecule has 6 heteroatoms. The number of fused-ring (bicyclic) bond motifs is 1. The number of unbranched alkanes of at least 4 members (excludes halogenated alkanes) is 1. The third-order valence-corrected chi connectivity index (χ3v) is 4.95. The maximum atomic E-state index is 12.8. The number of hydrogen-bond donors (Lipinski definition) is 2. The molecule has 1 fully saturated rings. The number of carbonyl (C=O) groups is 2. The van der Waals surface area contributed by atoms with Gasteiger partial charge >= 0.3 is 0 Å². The second-order valence-electron chi connectivity index (χ2n) is 6.61. The number of para-hydroxylation sites is 1. The Labute approximate surface area is 156 Å². The van der Waals surface area contributed by atoms with Crippen molar-refractivity contribution in [3.8, 4) is 0 Å². The average Bonchev–Trinajstić information content (AvgIpc) is 3.40. The van der Waals surface area contributed by atoms with Gasteiger partial charge < -0.3 is 19.4 Å². The van der Waals surface area contributed by atoms with Crippen LogP contribution in [0.1, 0.15) is 37.1 Å². The van der Waals surface area contributed by atoms with Gasteiger partial charge in [-0.1, -0.05) is 31.5 Å². The number of amides is 1. The van der Waals surface area contributed by atoms with E-state index in [9.17, 15) is 14.7 Å². The normalized spacial score (nSPS) is 19.3. The molecule has 2 N–H and O–H groups in total. The molecule has 6 nitrogen and oxygen atoms in total. The third kappa shape index (κ3) is 2.73. The lowest BCUT2D eigenvalue weighted by Crippen LogP contribution is -2.30. The molecule has 1 aliphatic rings. The fourth-order valence-electron chi connectivity index (χ4n) is 3.59.